The highest BCUT2D eigenvalue weighted by Gasteiger charge is 2.10. The number of rotatable bonds is 5. The average molecular weight is 253 g/mol. The van der Waals surface area contributed by atoms with Gasteiger partial charge in [0.2, 0.25) is 0 Å². The molecule has 18 heavy (non-hydrogen) atoms. The van der Waals surface area contributed by atoms with E-state index in [1.54, 1.807) is 11.7 Å². The van der Waals surface area contributed by atoms with Gasteiger partial charge >= 0.3 is 5.97 Å². The molecular weight excluding hydrogens is 234 g/mol. The Kier molecular flexibility index (Phi) is 4.88. The Bertz CT molecular complexity index is 438. The molecule has 0 saturated carbocycles. The zero-order chi connectivity index (χ0) is 13.7. The molecule has 0 radical (unpaired) electrons. The van der Waals surface area contributed by atoms with Crippen molar-refractivity contribution in [1.82, 2.24) is 9.78 Å². The summed E-state index contributed by atoms with van der Waals surface area (Å²) in [6.45, 7) is 5.19. The first kappa shape index (κ1) is 14.2. The van der Waals surface area contributed by atoms with Crippen molar-refractivity contribution in [2.24, 2.45) is 13.0 Å². The van der Waals surface area contributed by atoms with E-state index in [0.29, 0.717) is 11.7 Å². The first-order chi connectivity index (χ1) is 8.38. The van der Waals surface area contributed by atoms with Gasteiger partial charge < -0.3 is 10.1 Å². The van der Waals surface area contributed by atoms with E-state index in [1.807, 2.05) is 6.07 Å². The monoisotopic (exact) mass is 253 g/mol. The van der Waals surface area contributed by atoms with Gasteiger partial charge in [0.25, 0.3) is 5.91 Å². The van der Waals surface area contributed by atoms with Crippen LogP contribution in [-0.4, -0.2) is 28.3 Å². The lowest BCUT2D eigenvalue weighted by molar-refractivity contribution is -0.144. The van der Waals surface area contributed by atoms with Crippen LogP contribution in [0.4, 0.5) is 5.82 Å². The standard InChI is InChI=1S/C12H19N3O3/c1-8(2)5-10-6-11(15(4)14-10)13-12(17)7-18-9(3)16/h6,8H,5,7H2,1-4H3,(H,13,17). The van der Waals surface area contributed by atoms with Gasteiger partial charge in [0, 0.05) is 20.0 Å². The molecule has 1 aromatic rings. The normalized spacial score (nSPS) is 10.5. The van der Waals surface area contributed by atoms with Gasteiger partial charge in [-0.05, 0) is 12.3 Å². The fraction of sp³-hybridized carbons (Fsp3) is 0.583. The number of hydrogen-bond donors (Lipinski definition) is 1. The Morgan fingerprint density at radius 3 is 2.72 bits per heavy atom. The van der Waals surface area contributed by atoms with E-state index >= 15 is 0 Å². The number of carbonyl (C=O) groups is 2. The molecule has 0 bridgehead atoms. The zero-order valence-corrected chi connectivity index (χ0v) is 11.2. The lowest BCUT2D eigenvalue weighted by Gasteiger charge is -2.04. The van der Waals surface area contributed by atoms with Crippen molar-refractivity contribution in [3.8, 4) is 0 Å². The molecular formula is C12H19N3O3. The summed E-state index contributed by atoms with van der Waals surface area (Å²) in [6.07, 6.45) is 0.855. The number of ether oxygens (including phenoxy) is 1. The highest BCUT2D eigenvalue weighted by Crippen LogP contribution is 2.12. The third kappa shape index (κ3) is 4.57. The second-order valence-corrected chi connectivity index (χ2v) is 4.57. The van der Waals surface area contributed by atoms with Crippen molar-refractivity contribution in [2.75, 3.05) is 11.9 Å². The Hall–Kier alpha value is -1.85. The highest BCUT2D eigenvalue weighted by atomic mass is 16.5. The SMILES string of the molecule is CC(=O)OCC(=O)Nc1cc(CC(C)C)nn1C. The van der Waals surface area contributed by atoms with Gasteiger partial charge in [-0.15, -0.1) is 0 Å². The first-order valence-corrected chi connectivity index (χ1v) is 5.84. The van der Waals surface area contributed by atoms with Gasteiger partial charge in [-0.2, -0.15) is 5.10 Å². The van der Waals surface area contributed by atoms with Gasteiger partial charge in [0.15, 0.2) is 6.61 Å². The average Bonchev–Trinajstić information content (AvgIpc) is 2.55. The molecule has 0 saturated heterocycles. The Balaban J connectivity index is 2.58. The van der Waals surface area contributed by atoms with Gasteiger partial charge in [-0.1, -0.05) is 13.8 Å². The Labute approximate surface area is 106 Å². The summed E-state index contributed by atoms with van der Waals surface area (Å²) in [5.74, 6) is 0.257. The molecule has 0 aliphatic heterocycles. The third-order valence-electron chi connectivity index (χ3n) is 2.22. The Morgan fingerprint density at radius 1 is 1.50 bits per heavy atom. The van der Waals surface area contributed by atoms with Crippen molar-refractivity contribution in [1.29, 1.82) is 0 Å². The van der Waals surface area contributed by atoms with Gasteiger partial charge in [-0.25, -0.2) is 0 Å². The molecule has 1 N–H and O–H groups in total. The van der Waals surface area contributed by atoms with E-state index in [4.69, 9.17) is 0 Å². The third-order valence-corrected chi connectivity index (χ3v) is 2.22. The molecule has 6 heteroatoms. The fourth-order valence-electron chi connectivity index (χ4n) is 1.51. The van der Waals surface area contributed by atoms with Crippen LogP contribution in [0.3, 0.4) is 0 Å². The fourth-order valence-corrected chi connectivity index (χ4v) is 1.51. The van der Waals surface area contributed by atoms with E-state index in [9.17, 15) is 9.59 Å². The second-order valence-electron chi connectivity index (χ2n) is 4.57. The number of nitrogens with one attached hydrogen (secondary N) is 1. The number of hydrogen-bond acceptors (Lipinski definition) is 4. The van der Waals surface area contributed by atoms with Crippen LogP contribution in [0.2, 0.25) is 0 Å². The molecule has 0 fully saturated rings. The summed E-state index contributed by atoms with van der Waals surface area (Å²) in [7, 11) is 1.76. The molecule has 0 aliphatic carbocycles. The predicted molar refractivity (Wildman–Crippen MR) is 67.0 cm³/mol. The molecule has 0 aromatic carbocycles. The number of aryl methyl sites for hydroxylation is 1. The van der Waals surface area contributed by atoms with Crippen LogP contribution >= 0.6 is 0 Å². The van der Waals surface area contributed by atoms with Crippen molar-refractivity contribution in [3.05, 3.63) is 11.8 Å². The quantitative estimate of drug-likeness (QED) is 0.798. The lowest BCUT2D eigenvalue weighted by atomic mass is 10.1. The van der Waals surface area contributed by atoms with Crippen LogP contribution in [0.5, 0.6) is 0 Å². The molecule has 1 aromatic heterocycles. The van der Waals surface area contributed by atoms with Gasteiger partial charge in [0.1, 0.15) is 5.82 Å². The van der Waals surface area contributed by atoms with Crippen LogP contribution in [0, 0.1) is 5.92 Å². The molecule has 0 spiro atoms. The number of esters is 1. The summed E-state index contributed by atoms with van der Waals surface area (Å²) in [6, 6.07) is 1.83. The summed E-state index contributed by atoms with van der Waals surface area (Å²) >= 11 is 0. The van der Waals surface area contributed by atoms with Crippen LogP contribution in [0.1, 0.15) is 26.5 Å². The summed E-state index contributed by atoms with van der Waals surface area (Å²) < 4.78 is 6.21. The first-order valence-electron chi connectivity index (χ1n) is 5.84. The lowest BCUT2D eigenvalue weighted by Crippen LogP contribution is -2.21. The maximum atomic E-state index is 11.5. The summed E-state index contributed by atoms with van der Waals surface area (Å²) in [4.78, 5) is 22.0. The molecule has 1 heterocycles. The van der Waals surface area contributed by atoms with Crippen molar-refractivity contribution >= 4 is 17.7 Å². The largest absolute Gasteiger partial charge is 0.456 e. The molecule has 0 unspecified atom stereocenters. The number of carbonyl (C=O) groups excluding carboxylic acids is 2. The molecule has 1 amide bonds. The van der Waals surface area contributed by atoms with Crippen LogP contribution in [0.25, 0.3) is 0 Å². The number of anilines is 1. The topological polar surface area (TPSA) is 73.2 Å². The minimum Gasteiger partial charge on any atom is -0.456 e. The second kappa shape index (κ2) is 6.18. The van der Waals surface area contributed by atoms with Crippen LogP contribution in [-0.2, 0) is 27.8 Å². The number of amides is 1. The van der Waals surface area contributed by atoms with Crippen LogP contribution < -0.4 is 5.32 Å². The molecule has 6 nitrogen and oxygen atoms in total. The maximum absolute atomic E-state index is 11.5. The van der Waals surface area contributed by atoms with Crippen molar-refractivity contribution in [2.45, 2.75) is 27.2 Å². The summed E-state index contributed by atoms with van der Waals surface area (Å²) in [5, 5.41) is 6.94. The molecule has 0 atom stereocenters. The maximum Gasteiger partial charge on any atom is 0.303 e. The number of nitrogens with zero attached hydrogens (tertiary/aromatic N) is 2. The zero-order valence-electron chi connectivity index (χ0n) is 11.2. The van der Waals surface area contributed by atoms with Crippen molar-refractivity contribution in [3.63, 3.8) is 0 Å². The smallest absolute Gasteiger partial charge is 0.303 e. The van der Waals surface area contributed by atoms with E-state index in [2.05, 4.69) is 29.0 Å². The minimum absolute atomic E-state index is 0.278. The Morgan fingerprint density at radius 2 is 2.17 bits per heavy atom. The molecule has 100 valence electrons. The van der Waals surface area contributed by atoms with E-state index < -0.39 is 5.97 Å². The summed E-state index contributed by atoms with van der Waals surface area (Å²) in [5.41, 5.74) is 0.926. The van der Waals surface area contributed by atoms with Crippen molar-refractivity contribution < 1.29 is 14.3 Å². The van der Waals surface area contributed by atoms with E-state index in [-0.39, 0.29) is 12.5 Å². The van der Waals surface area contributed by atoms with Crippen LogP contribution in [0.15, 0.2) is 6.07 Å². The van der Waals surface area contributed by atoms with E-state index in [0.717, 1.165) is 12.1 Å². The number of aromatic nitrogens is 2. The minimum atomic E-state index is -0.476. The van der Waals surface area contributed by atoms with E-state index in [1.165, 1.54) is 6.92 Å². The predicted octanol–water partition coefficient (Wildman–Crippen LogP) is 1.12. The highest BCUT2D eigenvalue weighted by molar-refractivity contribution is 5.91. The molecule has 1 rings (SSSR count). The molecule has 0 aliphatic rings. The van der Waals surface area contributed by atoms with Gasteiger partial charge in [0.05, 0.1) is 5.69 Å². The van der Waals surface area contributed by atoms with Gasteiger partial charge in [-0.3, -0.25) is 14.3 Å².